The Bertz CT molecular complexity index is 837. The molecule has 0 aromatic carbocycles. The van der Waals surface area contributed by atoms with Crippen molar-refractivity contribution in [3.8, 4) is 5.82 Å². The van der Waals surface area contributed by atoms with Gasteiger partial charge in [0.15, 0.2) is 5.96 Å². The van der Waals surface area contributed by atoms with Gasteiger partial charge in [-0.05, 0) is 32.4 Å². The van der Waals surface area contributed by atoms with Crippen LogP contribution in [-0.2, 0) is 13.1 Å². The zero-order chi connectivity index (χ0) is 18.4. The van der Waals surface area contributed by atoms with Crippen molar-refractivity contribution in [1.82, 2.24) is 30.2 Å². The van der Waals surface area contributed by atoms with Crippen molar-refractivity contribution < 1.29 is 0 Å². The van der Waals surface area contributed by atoms with Crippen molar-refractivity contribution in [3.63, 3.8) is 0 Å². The molecule has 0 aliphatic heterocycles. The van der Waals surface area contributed by atoms with Crippen molar-refractivity contribution in [3.05, 3.63) is 58.2 Å². The standard InChI is InChI=1S/C18H23N7S.HI/c1-4-20-18(23-11-17-24-13(2)14(3)26-17)22-10-15-5-6-16(21-9-15)25-8-7-19-12-25;/h5-9,12H,4,10-11H2,1-3H3,(H2,20,22,23);1H. The number of aliphatic imine (C=N–C) groups is 1. The Morgan fingerprint density at radius 1 is 1.26 bits per heavy atom. The molecule has 2 N–H and O–H groups in total. The first-order valence-corrected chi connectivity index (χ1v) is 9.35. The number of hydrogen-bond acceptors (Lipinski definition) is 5. The molecule has 0 saturated heterocycles. The molecule has 0 fully saturated rings. The first-order valence-electron chi connectivity index (χ1n) is 8.54. The van der Waals surface area contributed by atoms with Gasteiger partial charge in [-0.3, -0.25) is 4.57 Å². The number of guanidine groups is 1. The third kappa shape index (κ3) is 5.99. The summed E-state index contributed by atoms with van der Waals surface area (Å²) in [7, 11) is 0. The number of hydrogen-bond donors (Lipinski definition) is 2. The average Bonchev–Trinajstić information content (AvgIpc) is 3.28. The molecule has 3 heterocycles. The summed E-state index contributed by atoms with van der Waals surface area (Å²) in [6.45, 7) is 8.22. The quantitative estimate of drug-likeness (QED) is 0.311. The van der Waals surface area contributed by atoms with Gasteiger partial charge >= 0.3 is 0 Å². The second kappa shape index (κ2) is 10.4. The molecule has 3 rings (SSSR count). The van der Waals surface area contributed by atoms with E-state index in [1.54, 1.807) is 23.9 Å². The summed E-state index contributed by atoms with van der Waals surface area (Å²) >= 11 is 1.72. The Morgan fingerprint density at radius 2 is 2.11 bits per heavy atom. The van der Waals surface area contributed by atoms with E-state index in [2.05, 4.69) is 44.4 Å². The number of aromatic nitrogens is 4. The molecule has 0 aliphatic rings. The van der Waals surface area contributed by atoms with Gasteiger partial charge in [0.1, 0.15) is 17.2 Å². The van der Waals surface area contributed by atoms with Crippen LogP contribution in [0, 0.1) is 13.8 Å². The highest BCUT2D eigenvalue weighted by Crippen LogP contribution is 2.15. The smallest absolute Gasteiger partial charge is 0.191 e. The molecule has 0 atom stereocenters. The van der Waals surface area contributed by atoms with Crippen LogP contribution >= 0.6 is 35.3 Å². The molecule has 9 heteroatoms. The lowest BCUT2D eigenvalue weighted by atomic mass is 10.3. The SMILES string of the molecule is CCNC(=NCc1ccc(-n2ccnc2)nc1)NCc1nc(C)c(C)s1.I. The average molecular weight is 497 g/mol. The van der Waals surface area contributed by atoms with Crippen LogP contribution in [0.25, 0.3) is 5.82 Å². The van der Waals surface area contributed by atoms with Crippen molar-refractivity contribution >= 4 is 41.3 Å². The van der Waals surface area contributed by atoms with E-state index in [1.165, 1.54) is 4.88 Å². The fourth-order valence-electron chi connectivity index (χ4n) is 2.34. The molecular formula is C18H24IN7S. The van der Waals surface area contributed by atoms with Gasteiger partial charge in [0.2, 0.25) is 0 Å². The summed E-state index contributed by atoms with van der Waals surface area (Å²) in [6.07, 6.45) is 7.18. The minimum atomic E-state index is 0. The highest BCUT2D eigenvalue weighted by Gasteiger charge is 2.05. The van der Waals surface area contributed by atoms with Crippen LogP contribution in [0.4, 0.5) is 0 Å². The van der Waals surface area contributed by atoms with E-state index in [0.717, 1.165) is 34.6 Å². The minimum absolute atomic E-state index is 0. The van der Waals surface area contributed by atoms with Crippen LogP contribution in [0.1, 0.15) is 28.1 Å². The first kappa shape index (κ1) is 21.3. The van der Waals surface area contributed by atoms with Crippen molar-refractivity contribution in [2.75, 3.05) is 6.54 Å². The lowest BCUT2D eigenvalue weighted by Gasteiger charge is -2.10. The van der Waals surface area contributed by atoms with Crippen LogP contribution < -0.4 is 10.6 Å². The van der Waals surface area contributed by atoms with Gasteiger partial charge in [-0.15, -0.1) is 35.3 Å². The highest BCUT2D eigenvalue weighted by molar-refractivity contribution is 14.0. The Hall–Kier alpha value is -2.01. The maximum atomic E-state index is 4.63. The molecule has 3 aromatic heterocycles. The van der Waals surface area contributed by atoms with Gasteiger partial charge in [0.05, 0.1) is 18.8 Å². The molecule has 0 aliphatic carbocycles. The highest BCUT2D eigenvalue weighted by atomic mass is 127. The normalized spacial score (nSPS) is 11.1. The fourth-order valence-corrected chi connectivity index (χ4v) is 3.22. The van der Waals surface area contributed by atoms with Crippen LogP contribution in [0.15, 0.2) is 42.0 Å². The van der Waals surface area contributed by atoms with E-state index in [9.17, 15) is 0 Å². The van der Waals surface area contributed by atoms with Crippen molar-refractivity contribution in [2.24, 2.45) is 4.99 Å². The molecule has 0 unspecified atom stereocenters. The maximum Gasteiger partial charge on any atom is 0.191 e. The van der Waals surface area contributed by atoms with Gasteiger partial charge < -0.3 is 10.6 Å². The third-order valence-electron chi connectivity index (χ3n) is 3.82. The van der Waals surface area contributed by atoms with Crippen LogP contribution in [0.3, 0.4) is 0 Å². The van der Waals surface area contributed by atoms with Crippen LogP contribution in [0.5, 0.6) is 0 Å². The van der Waals surface area contributed by atoms with Gasteiger partial charge in [0, 0.05) is 30.0 Å². The van der Waals surface area contributed by atoms with E-state index in [1.807, 2.05) is 36.0 Å². The summed E-state index contributed by atoms with van der Waals surface area (Å²) in [4.78, 5) is 18.9. The number of thiazole rings is 1. The minimum Gasteiger partial charge on any atom is -0.357 e. The summed E-state index contributed by atoms with van der Waals surface area (Å²) in [5, 5.41) is 7.66. The number of aryl methyl sites for hydroxylation is 2. The van der Waals surface area contributed by atoms with Gasteiger partial charge in [-0.25, -0.2) is 19.9 Å². The van der Waals surface area contributed by atoms with Crippen LogP contribution in [-0.4, -0.2) is 32.0 Å². The lowest BCUT2D eigenvalue weighted by Crippen LogP contribution is -2.36. The Morgan fingerprint density at radius 3 is 2.70 bits per heavy atom. The zero-order valence-electron chi connectivity index (χ0n) is 15.6. The molecule has 0 bridgehead atoms. The second-order valence-electron chi connectivity index (χ2n) is 5.79. The number of pyridine rings is 1. The Kier molecular flexibility index (Phi) is 8.17. The molecule has 144 valence electrons. The summed E-state index contributed by atoms with van der Waals surface area (Å²) < 4.78 is 1.87. The largest absolute Gasteiger partial charge is 0.357 e. The van der Waals surface area contributed by atoms with E-state index in [-0.39, 0.29) is 24.0 Å². The molecular weight excluding hydrogens is 473 g/mol. The Balaban J connectivity index is 0.00000261. The Labute approximate surface area is 180 Å². The van der Waals surface area contributed by atoms with Crippen molar-refractivity contribution in [2.45, 2.75) is 33.9 Å². The monoisotopic (exact) mass is 497 g/mol. The van der Waals surface area contributed by atoms with E-state index in [0.29, 0.717) is 13.1 Å². The molecule has 0 radical (unpaired) electrons. The number of imidazole rings is 1. The van der Waals surface area contributed by atoms with Crippen molar-refractivity contribution in [1.29, 1.82) is 0 Å². The van der Waals surface area contributed by atoms with Gasteiger partial charge in [-0.1, -0.05) is 6.07 Å². The van der Waals surface area contributed by atoms with E-state index in [4.69, 9.17) is 0 Å². The number of rotatable bonds is 6. The predicted octanol–water partition coefficient (Wildman–Crippen LogP) is 3.21. The molecule has 0 amide bonds. The number of nitrogens with one attached hydrogen (secondary N) is 2. The third-order valence-corrected chi connectivity index (χ3v) is 4.89. The molecule has 7 nitrogen and oxygen atoms in total. The van der Waals surface area contributed by atoms with Crippen LogP contribution in [0.2, 0.25) is 0 Å². The number of halogens is 1. The van der Waals surface area contributed by atoms with E-state index < -0.39 is 0 Å². The molecule has 3 aromatic rings. The second-order valence-corrected chi connectivity index (χ2v) is 7.08. The van der Waals surface area contributed by atoms with E-state index >= 15 is 0 Å². The summed E-state index contributed by atoms with van der Waals surface area (Å²) in [5.74, 6) is 1.62. The van der Waals surface area contributed by atoms with Gasteiger partial charge in [-0.2, -0.15) is 0 Å². The summed E-state index contributed by atoms with van der Waals surface area (Å²) in [5.41, 5.74) is 2.14. The van der Waals surface area contributed by atoms with Gasteiger partial charge in [0.25, 0.3) is 0 Å². The first-order chi connectivity index (χ1) is 12.7. The molecule has 0 saturated carbocycles. The fraction of sp³-hybridized carbons (Fsp3) is 0.333. The topological polar surface area (TPSA) is 80.0 Å². The predicted molar refractivity (Wildman–Crippen MR) is 120 cm³/mol. The summed E-state index contributed by atoms with van der Waals surface area (Å²) in [6, 6.07) is 4.00. The maximum absolute atomic E-state index is 4.63. The lowest BCUT2D eigenvalue weighted by molar-refractivity contribution is 0.809. The number of nitrogens with zero attached hydrogens (tertiary/aromatic N) is 5. The zero-order valence-corrected chi connectivity index (χ0v) is 18.8. The molecule has 27 heavy (non-hydrogen) atoms. The molecule has 0 spiro atoms.